The topological polar surface area (TPSA) is 35.8 Å². The van der Waals surface area contributed by atoms with Crippen LogP contribution in [-0.4, -0.2) is 18.6 Å². The highest BCUT2D eigenvalue weighted by molar-refractivity contribution is 9.10. The van der Waals surface area contributed by atoms with Crippen LogP contribution in [0, 0.1) is 11.3 Å². The highest BCUT2D eigenvalue weighted by Crippen LogP contribution is 2.20. The maximum Gasteiger partial charge on any atom is 0.101 e. The molecule has 0 fully saturated rings. The number of thioether (sulfide) groups is 1. The number of nitrogens with zero attached hydrogens (tertiary/aromatic N) is 1. The number of hydrogen-bond donors (Lipinski definition) is 1. The Bertz CT molecular complexity index is 360. The second-order valence-corrected chi connectivity index (χ2v) is 4.98. The highest BCUT2D eigenvalue weighted by atomic mass is 79.9. The van der Waals surface area contributed by atoms with Gasteiger partial charge in [0.1, 0.15) is 6.07 Å². The standard InChI is InChI=1S/C11H13BrN2S/c1-15-6-2-5-14-11-7-10(12)4-3-9(11)8-13/h3-4,7,14H,2,5-6H2,1H3. The van der Waals surface area contributed by atoms with Gasteiger partial charge in [-0.25, -0.2) is 0 Å². The third-order valence-electron chi connectivity index (χ3n) is 1.94. The zero-order valence-electron chi connectivity index (χ0n) is 8.59. The fraction of sp³-hybridized carbons (Fsp3) is 0.364. The first-order valence-electron chi connectivity index (χ1n) is 4.70. The van der Waals surface area contributed by atoms with E-state index in [-0.39, 0.29) is 0 Å². The van der Waals surface area contributed by atoms with Crippen LogP contribution in [0.1, 0.15) is 12.0 Å². The van der Waals surface area contributed by atoms with Crippen molar-refractivity contribution in [2.24, 2.45) is 0 Å². The predicted molar refractivity (Wildman–Crippen MR) is 70.3 cm³/mol. The van der Waals surface area contributed by atoms with Crippen LogP contribution < -0.4 is 5.32 Å². The number of hydrogen-bond acceptors (Lipinski definition) is 3. The number of rotatable bonds is 5. The molecule has 0 heterocycles. The van der Waals surface area contributed by atoms with Crippen LogP contribution in [0.5, 0.6) is 0 Å². The van der Waals surface area contributed by atoms with Gasteiger partial charge in [0, 0.05) is 11.0 Å². The second kappa shape index (κ2) is 6.76. The molecule has 1 aromatic rings. The summed E-state index contributed by atoms with van der Waals surface area (Å²) in [6.07, 6.45) is 3.21. The molecule has 1 aromatic carbocycles. The molecule has 0 bridgehead atoms. The number of benzene rings is 1. The Balaban J connectivity index is 2.59. The Kier molecular flexibility index (Phi) is 5.59. The van der Waals surface area contributed by atoms with Crippen molar-refractivity contribution in [1.82, 2.24) is 0 Å². The van der Waals surface area contributed by atoms with Gasteiger partial charge in [0.25, 0.3) is 0 Å². The molecular formula is C11H13BrN2S. The van der Waals surface area contributed by atoms with Crippen LogP contribution in [0.3, 0.4) is 0 Å². The van der Waals surface area contributed by atoms with Gasteiger partial charge in [-0.15, -0.1) is 0 Å². The fourth-order valence-electron chi connectivity index (χ4n) is 1.20. The molecule has 0 aliphatic rings. The van der Waals surface area contributed by atoms with Gasteiger partial charge in [0.05, 0.1) is 11.3 Å². The lowest BCUT2D eigenvalue weighted by molar-refractivity contribution is 0.992. The van der Waals surface area contributed by atoms with Crippen molar-refractivity contribution in [3.8, 4) is 6.07 Å². The highest BCUT2D eigenvalue weighted by Gasteiger charge is 2.01. The summed E-state index contributed by atoms with van der Waals surface area (Å²) in [6.45, 7) is 0.909. The number of nitrogens with one attached hydrogen (secondary N) is 1. The van der Waals surface area contributed by atoms with E-state index in [0.717, 1.165) is 28.9 Å². The molecule has 0 unspecified atom stereocenters. The van der Waals surface area contributed by atoms with E-state index in [1.165, 1.54) is 0 Å². The van der Waals surface area contributed by atoms with E-state index in [0.29, 0.717) is 5.56 Å². The number of halogens is 1. The molecule has 2 nitrogen and oxygen atoms in total. The minimum absolute atomic E-state index is 0.697. The summed E-state index contributed by atoms with van der Waals surface area (Å²) in [5, 5.41) is 12.2. The monoisotopic (exact) mass is 284 g/mol. The van der Waals surface area contributed by atoms with Gasteiger partial charge in [-0.2, -0.15) is 17.0 Å². The summed E-state index contributed by atoms with van der Waals surface area (Å²) in [5.41, 5.74) is 1.61. The van der Waals surface area contributed by atoms with Gasteiger partial charge in [-0.3, -0.25) is 0 Å². The van der Waals surface area contributed by atoms with Crippen molar-refractivity contribution >= 4 is 33.4 Å². The molecule has 0 radical (unpaired) electrons. The minimum atomic E-state index is 0.697. The molecule has 0 atom stereocenters. The van der Waals surface area contributed by atoms with E-state index in [1.54, 1.807) is 0 Å². The first kappa shape index (κ1) is 12.4. The summed E-state index contributed by atoms with van der Waals surface area (Å²) in [4.78, 5) is 0. The van der Waals surface area contributed by atoms with Crippen molar-refractivity contribution in [2.75, 3.05) is 23.9 Å². The number of nitriles is 1. The van der Waals surface area contributed by atoms with E-state index < -0.39 is 0 Å². The van der Waals surface area contributed by atoms with Crippen LogP contribution in [0.4, 0.5) is 5.69 Å². The molecule has 0 saturated heterocycles. The van der Waals surface area contributed by atoms with Crippen molar-refractivity contribution in [3.05, 3.63) is 28.2 Å². The van der Waals surface area contributed by atoms with Crippen LogP contribution in [0.2, 0.25) is 0 Å². The lowest BCUT2D eigenvalue weighted by Crippen LogP contribution is -2.04. The molecule has 4 heteroatoms. The summed E-state index contributed by atoms with van der Waals surface area (Å²) in [7, 11) is 0. The van der Waals surface area contributed by atoms with Crippen molar-refractivity contribution in [2.45, 2.75) is 6.42 Å². The molecule has 1 N–H and O–H groups in total. The largest absolute Gasteiger partial charge is 0.384 e. The molecule has 1 rings (SSSR count). The zero-order valence-corrected chi connectivity index (χ0v) is 11.0. The summed E-state index contributed by atoms with van der Waals surface area (Å²) in [6, 6.07) is 7.82. The first-order chi connectivity index (χ1) is 7.27. The van der Waals surface area contributed by atoms with Crippen molar-refractivity contribution < 1.29 is 0 Å². The quantitative estimate of drug-likeness (QED) is 0.841. The Hall–Kier alpha value is -0.660. The van der Waals surface area contributed by atoms with E-state index in [2.05, 4.69) is 33.6 Å². The molecule has 0 saturated carbocycles. The van der Waals surface area contributed by atoms with E-state index in [9.17, 15) is 0 Å². The van der Waals surface area contributed by atoms with Crippen LogP contribution in [0.15, 0.2) is 22.7 Å². The Morgan fingerprint density at radius 2 is 2.33 bits per heavy atom. The molecular weight excluding hydrogens is 272 g/mol. The maximum absolute atomic E-state index is 8.90. The molecule has 15 heavy (non-hydrogen) atoms. The molecule has 0 aliphatic carbocycles. The lowest BCUT2D eigenvalue weighted by Gasteiger charge is -2.07. The summed E-state index contributed by atoms with van der Waals surface area (Å²) >= 11 is 5.23. The molecule has 0 spiro atoms. The Morgan fingerprint density at radius 3 is 3.00 bits per heavy atom. The molecule has 0 aromatic heterocycles. The van der Waals surface area contributed by atoms with Crippen LogP contribution in [0.25, 0.3) is 0 Å². The van der Waals surface area contributed by atoms with Gasteiger partial charge < -0.3 is 5.32 Å². The maximum atomic E-state index is 8.90. The van der Waals surface area contributed by atoms with E-state index in [4.69, 9.17) is 5.26 Å². The normalized spacial score (nSPS) is 9.67. The van der Waals surface area contributed by atoms with Gasteiger partial charge in [-0.05, 0) is 36.6 Å². The van der Waals surface area contributed by atoms with Crippen LogP contribution in [-0.2, 0) is 0 Å². The Morgan fingerprint density at radius 1 is 1.53 bits per heavy atom. The number of anilines is 1. The Labute approximate surface area is 103 Å². The molecule has 80 valence electrons. The fourth-order valence-corrected chi connectivity index (χ4v) is 1.99. The first-order valence-corrected chi connectivity index (χ1v) is 6.89. The second-order valence-electron chi connectivity index (χ2n) is 3.07. The average Bonchev–Trinajstić information content (AvgIpc) is 2.25. The molecule has 0 aliphatic heterocycles. The van der Waals surface area contributed by atoms with Gasteiger partial charge >= 0.3 is 0 Å². The minimum Gasteiger partial charge on any atom is -0.384 e. The van der Waals surface area contributed by atoms with Gasteiger partial charge in [0.15, 0.2) is 0 Å². The molecule has 0 amide bonds. The zero-order chi connectivity index (χ0) is 11.1. The van der Waals surface area contributed by atoms with Gasteiger partial charge in [-0.1, -0.05) is 15.9 Å². The average molecular weight is 285 g/mol. The summed E-state index contributed by atoms with van der Waals surface area (Å²) < 4.78 is 0.994. The van der Waals surface area contributed by atoms with Gasteiger partial charge in [0.2, 0.25) is 0 Å². The van der Waals surface area contributed by atoms with E-state index >= 15 is 0 Å². The van der Waals surface area contributed by atoms with Crippen molar-refractivity contribution in [1.29, 1.82) is 5.26 Å². The predicted octanol–water partition coefficient (Wildman–Crippen LogP) is 3.49. The lowest BCUT2D eigenvalue weighted by atomic mass is 10.2. The third kappa shape index (κ3) is 4.15. The third-order valence-corrected chi connectivity index (χ3v) is 3.13. The SMILES string of the molecule is CSCCCNc1cc(Br)ccc1C#N. The summed E-state index contributed by atoms with van der Waals surface area (Å²) in [5.74, 6) is 1.14. The van der Waals surface area contributed by atoms with Crippen molar-refractivity contribution in [3.63, 3.8) is 0 Å². The van der Waals surface area contributed by atoms with Crippen LogP contribution >= 0.6 is 27.7 Å². The smallest absolute Gasteiger partial charge is 0.101 e. The van der Waals surface area contributed by atoms with E-state index in [1.807, 2.05) is 30.0 Å².